The van der Waals surface area contributed by atoms with Gasteiger partial charge in [0.25, 0.3) is 0 Å². The molecule has 1 saturated carbocycles. The van der Waals surface area contributed by atoms with Gasteiger partial charge in [0.1, 0.15) is 5.03 Å². The minimum atomic E-state index is -0.149. The van der Waals surface area contributed by atoms with Crippen LogP contribution in [0.3, 0.4) is 0 Å². The Bertz CT molecular complexity index is 463. The summed E-state index contributed by atoms with van der Waals surface area (Å²) in [6.07, 6.45) is 4.18. The lowest BCUT2D eigenvalue weighted by molar-refractivity contribution is -0.141. The molecule has 2 rings (SSSR count). The number of rotatable bonds is 5. The minimum Gasteiger partial charge on any atom is -0.469 e. The molecule has 1 aromatic heterocycles. The van der Waals surface area contributed by atoms with Crippen LogP contribution in [0.25, 0.3) is 0 Å². The number of halogens is 1. The first-order valence-electron chi connectivity index (χ1n) is 5.65. The smallest absolute Gasteiger partial charge is 0.306 e. The Morgan fingerprint density at radius 3 is 2.94 bits per heavy atom. The third kappa shape index (κ3) is 3.29. The van der Waals surface area contributed by atoms with E-state index in [0.717, 1.165) is 23.6 Å². The van der Waals surface area contributed by atoms with Crippen molar-refractivity contribution in [2.75, 3.05) is 18.6 Å². The van der Waals surface area contributed by atoms with E-state index >= 15 is 0 Å². The van der Waals surface area contributed by atoms with Crippen molar-refractivity contribution < 1.29 is 9.53 Å². The maximum atomic E-state index is 11.3. The Labute approximate surface area is 115 Å². The zero-order valence-electron chi connectivity index (χ0n) is 10.1. The second kappa shape index (κ2) is 5.36. The van der Waals surface area contributed by atoms with Gasteiger partial charge in [-0.05, 0) is 24.3 Å². The van der Waals surface area contributed by atoms with Crippen LogP contribution in [0, 0.1) is 5.41 Å². The van der Waals surface area contributed by atoms with Crippen molar-refractivity contribution >= 4 is 35.0 Å². The monoisotopic (exact) mass is 286 g/mol. The molecule has 1 heterocycles. The van der Waals surface area contributed by atoms with E-state index in [-0.39, 0.29) is 11.4 Å². The van der Waals surface area contributed by atoms with Crippen LogP contribution < -0.4 is 5.73 Å². The zero-order chi connectivity index (χ0) is 13.2. The largest absolute Gasteiger partial charge is 0.469 e. The zero-order valence-corrected chi connectivity index (χ0v) is 11.7. The quantitative estimate of drug-likeness (QED) is 0.666. The van der Waals surface area contributed by atoms with Gasteiger partial charge in [-0.25, -0.2) is 4.98 Å². The molecule has 0 bridgehead atoms. The molecular formula is C12H15ClN2O2S. The first-order valence-corrected chi connectivity index (χ1v) is 7.02. The van der Waals surface area contributed by atoms with E-state index in [0.29, 0.717) is 17.1 Å². The summed E-state index contributed by atoms with van der Waals surface area (Å²) in [6, 6.07) is 1.69. The minimum absolute atomic E-state index is 0.0736. The number of methoxy groups -OCH3 is 1. The van der Waals surface area contributed by atoms with Crippen molar-refractivity contribution in [2.45, 2.75) is 24.3 Å². The molecule has 0 radical (unpaired) electrons. The molecule has 0 aliphatic heterocycles. The Kier molecular flexibility index (Phi) is 4.02. The molecule has 18 heavy (non-hydrogen) atoms. The topological polar surface area (TPSA) is 65.2 Å². The van der Waals surface area contributed by atoms with Gasteiger partial charge in [-0.15, -0.1) is 11.8 Å². The van der Waals surface area contributed by atoms with Gasteiger partial charge >= 0.3 is 5.97 Å². The normalized spacial score (nSPS) is 16.3. The number of nitrogens with two attached hydrogens (primary N) is 1. The maximum Gasteiger partial charge on any atom is 0.306 e. The van der Waals surface area contributed by atoms with Gasteiger partial charge < -0.3 is 10.5 Å². The summed E-state index contributed by atoms with van der Waals surface area (Å²) in [5.41, 5.74) is 6.22. The van der Waals surface area contributed by atoms with Gasteiger partial charge in [-0.1, -0.05) is 11.6 Å². The van der Waals surface area contributed by atoms with E-state index in [4.69, 9.17) is 22.1 Å². The van der Waals surface area contributed by atoms with E-state index in [1.165, 1.54) is 7.11 Å². The summed E-state index contributed by atoms with van der Waals surface area (Å²) < 4.78 is 4.71. The molecule has 0 spiro atoms. The molecule has 4 nitrogen and oxygen atoms in total. The summed E-state index contributed by atoms with van der Waals surface area (Å²) in [6.45, 7) is 0. The van der Waals surface area contributed by atoms with Gasteiger partial charge in [-0.3, -0.25) is 4.79 Å². The van der Waals surface area contributed by atoms with Crippen LogP contribution in [0.5, 0.6) is 0 Å². The number of ether oxygens (including phenoxy) is 1. The van der Waals surface area contributed by atoms with Gasteiger partial charge in [0.2, 0.25) is 0 Å². The fraction of sp³-hybridized carbons (Fsp3) is 0.500. The summed E-state index contributed by atoms with van der Waals surface area (Å²) in [7, 11) is 1.42. The summed E-state index contributed by atoms with van der Waals surface area (Å²) in [5, 5.41) is 1.33. The standard InChI is InChI=1S/C12H15ClN2O2S/c1-17-10(16)5-12(2-3-12)7-18-11-9(13)4-8(14)6-15-11/h4,6H,2-3,5,7,14H2,1H3. The number of nitrogens with zero attached hydrogens (tertiary/aromatic N) is 1. The summed E-state index contributed by atoms with van der Waals surface area (Å²) >= 11 is 7.63. The number of carbonyl (C=O) groups excluding carboxylic acids is 1. The lowest BCUT2D eigenvalue weighted by atomic mass is 10.1. The molecule has 0 aromatic carbocycles. The summed E-state index contributed by atoms with van der Waals surface area (Å²) in [5.74, 6) is 0.683. The highest BCUT2D eigenvalue weighted by Gasteiger charge is 2.44. The molecule has 98 valence electrons. The van der Waals surface area contributed by atoms with E-state index in [9.17, 15) is 4.79 Å². The molecule has 2 N–H and O–H groups in total. The van der Waals surface area contributed by atoms with E-state index in [1.807, 2.05) is 0 Å². The second-order valence-corrected chi connectivity index (χ2v) is 5.97. The maximum absolute atomic E-state index is 11.3. The SMILES string of the molecule is COC(=O)CC1(CSc2ncc(N)cc2Cl)CC1. The molecule has 0 amide bonds. The lowest BCUT2D eigenvalue weighted by Crippen LogP contribution is -2.13. The Morgan fingerprint density at radius 2 is 2.39 bits per heavy atom. The third-order valence-corrected chi connectivity index (χ3v) is 4.80. The predicted octanol–water partition coefficient (Wildman–Crippen LogP) is 2.75. The second-order valence-electron chi connectivity index (χ2n) is 4.60. The number of pyridine rings is 1. The van der Waals surface area contributed by atoms with Crippen LogP contribution in [-0.2, 0) is 9.53 Å². The van der Waals surface area contributed by atoms with E-state index in [1.54, 1.807) is 24.0 Å². The lowest BCUT2D eigenvalue weighted by Gasteiger charge is -2.13. The number of aromatic nitrogens is 1. The number of thioether (sulfide) groups is 1. The number of hydrogen-bond donors (Lipinski definition) is 1. The van der Waals surface area contributed by atoms with Crippen molar-refractivity contribution in [3.05, 3.63) is 17.3 Å². The van der Waals surface area contributed by atoms with Crippen molar-refractivity contribution in [3.8, 4) is 0 Å². The molecule has 6 heteroatoms. The van der Waals surface area contributed by atoms with Crippen molar-refractivity contribution in [2.24, 2.45) is 5.41 Å². The van der Waals surface area contributed by atoms with Gasteiger partial charge in [-0.2, -0.15) is 0 Å². The van der Waals surface area contributed by atoms with Crippen LogP contribution in [0.2, 0.25) is 5.02 Å². The number of carbonyl (C=O) groups is 1. The summed E-state index contributed by atoms with van der Waals surface area (Å²) in [4.78, 5) is 15.5. The Hall–Kier alpha value is -0.940. The van der Waals surface area contributed by atoms with E-state index in [2.05, 4.69) is 4.98 Å². The van der Waals surface area contributed by atoms with Gasteiger partial charge in [0.05, 0.1) is 30.4 Å². The van der Waals surface area contributed by atoms with Crippen LogP contribution in [0.15, 0.2) is 17.3 Å². The molecule has 0 atom stereocenters. The highest BCUT2D eigenvalue weighted by molar-refractivity contribution is 7.99. The molecule has 1 aliphatic rings. The van der Waals surface area contributed by atoms with Crippen LogP contribution in [-0.4, -0.2) is 23.8 Å². The van der Waals surface area contributed by atoms with Gasteiger partial charge in [0, 0.05) is 5.75 Å². The van der Waals surface area contributed by atoms with Crippen LogP contribution in [0.1, 0.15) is 19.3 Å². The van der Waals surface area contributed by atoms with Crippen molar-refractivity contribution in [3.63, 3.8) is 0 Å². The molecule has 0 unspecified atom stereocenters. The van der Waals surface area contributed by atoms with Crippen LogP contribution in [0.4, 0.5) is 5.69 Å². The highest BCUT2D eigenvalue weighted by atomic mass is 35.5. The first kappa shape index (κ1) is 13.5. The van der Waals surface area contributed by atoms with Crippen LogP contribution >= 0.6 is 23.4 Å². The molecule has 1 fully saturated rings. The number of hydrogen-bond acceptors (Lipinski definition) is 5. The third-order valence-electron chi connectivity index (χ3n) is 3.05. The molecule has 1 aromatic rings. The highest BCUT2D eigenvalue weighted by Crippen LogP contribution is 2.52. The fourth-order valence-corrected chi connectivity index (χ4v) is 3.19. The number of anilines is 1. The molecular weight excluding hydrogens is 272 g/mol. The van der Waals surface area contributed by atoms with Crippen molar-refractivity contribution in [1.29, 1.82) is 0 Å². The van der Waals surface area contributed by atoms with E-state index < -0.39 is 0 Å². The number of esters is 1. The average molecular weight is 287 g/mol. The molecule has 0 saturated heterocycles. The Balaban J connectivity index is 1.93. The average Bonchev–Trinajstić information content (AvgIpc) is 3.08. The van der Waals surface area contributed by atoms with Crippen molar-refractivity contribution in [1.82, 2.24) is 4.98 Å². The predicted molar refractivity (Wildman–Crippen MR) is 72.7 cm³/mol. The Morgan fingerprint density at radius 1 is 1.67 bits per heavy atom. The molecule has 1 aliphatic carbocycles. The first-order chi connectivity index (χ1) is 8.54. The fourth-order valence-electron chi connectivity index (χ4n) is 1.70. The number of nitrogen functional groups attached to an aromatic ring is 1. The van der Waals surface area contributed by atoms with Gasteiger partial charge in [0.15, 0.2) is 0 Å².